The van der Waals surface area contributed by atoms with Crippen molar-refractivity contribution in [2.24, 2.45) is 5.41 Å². The van der Waals surface area contributed by atoms with Crippen LogP contribution in [0.4, 0.5) is 4.79 Å². The second-order valence-corrected chi connectivity index (χ2v) is 9.48. The van der Waals surface area contributed by atoms with Gasteiger partial charge in [-0.25, -0.2) is 4.79 Å². The second-order valence-electron chi connectivity index (χ2n) is 9.48. The van der Waals surface area contributed by atoms with Crippen LogP contribution in [0, 0.1) is 5.41 Å². The van der Waals surface area contributed by atoms with Gasteiger partial charge in [0.05, 0.1) is 5.41 Å². The number of carbonyl (C=O) groups is 3. The number of ether oxygens (including phenoxy) is 1. The van der Waals surface area contributed by atoms with Crippen molar-refractivity contribution in [2.75, 3.05) is 13.2 Å². The maximum atomic E-state index is 12.4. The Hall–Kier alpha value is -3.35. The first-order valence-corrected chi connectivity index (χ1v) is 12.0. The molecule has 7 nitrogen and oxygen atoms in total. The average Bonchev–Trinajstić information content (AvgIpc) is 3.44. The van der Waals surface area contributed by atoms with Gasteiger partial charge in [0.15, 0.2) is 0 Å². The highest BCUT2D eigenvalue weighted by atomic mass is 16.5. The molecule has 3 N–H and O–H groups in total. The highest BCUT2D eigenvalue weighted by Crippen LogP contribution is 2.44. The fourth-order valence-corrected chi connectivity index (χ4v) is 5.14. The Morgan fingerprint density at radius 3 is 2.21 bits per heavy atom. The Bertz CT molecular complexity index is 1010. The smallest absolute Gasteiger partial charge is 0.407 e. The Morgan fingerprint density at radius 2 is 1.62 bits per heavy atom. The van der Waals surface area contributed by atoms with E-state index in [4.69, 9.17) is 4.74 Å². The van der Waals surface area contributed by atoms with Gasteiger partial charge >= 0.3 is 12.1 Å². The molecule has 34 heavy (non-hydrogen) atoms. The number of aliphatic carboxylic acids is 1. The first-order valence-electron chi connectivity index (χ1n) is 12.0. The Balaban J connectivity index is 1.22. The number of amides is 2. The van der Waals surface area contributed by atoms with Crippen molar-refractivity contribution < 1.29 is 24.2 Å². The zero-order chi connectivity index (χ0) is 24.1. The molecule has 1 unspecified atom stereocenters. The van der Waals surface area contributed by atoms with Crippen LogP contribution >= 0.6 is 0 Å². The van der Waals surface area contributed by atoms with Crippen LogP contribution in [0.5, 0.6) is 0 Å². The third-order valence-electron chi connectivity index (χ3n) is 7.15. The third-order valence-corrected chi connectivity index (χ3v) is 7.15. The molecule has 0 heterocycles. The summed E-state index contributed by atoms with van der Waals surface area (Å²) in [4.78, 5) is 36.2. The number of carbonyl (C=O) groups excluding carboxylic acids is 2. The molecular weight excluding hydrogens is 432 g/mol. The van der Waals surface area contributed by atoms with Crippen LogP contribution in [-0.2, 0) is 14.3 Å². The fraction of sp³-hybridized carbons (Fsp3) is 0.444. The standard InChI is InChI=1S/C27H32N2O5/c1-18(12-13-24(30)28-17-27(25(31)32)14-6-7-15-27)29-26(33)34-16-23-21-10-4-2-8-19(21)20-9-3-5-11-22(20)23/h2-5,8-11,18,23H,6-7,12-17H2,1H3,(H,28,30)(H,29,33)(H,31,32). The Labute approximate surface area is 199 Å². The molecule has 0 radical (unpaired) electrons. The summed E-state index contributed by atoms with van der Waals surface area (Å²) in [7, 11) is 0. The lowest BCUT2D eigenvalue weighted by Gasteiger charge is -2.24. The molecular formula is C27H32N2O5. The number of carboxylic acid groups (broad SMARTS) is 1. The third kappa shape index (κ3) is 5.08. The van der Waals surface area contributed by atoms with E-state index in [0.29, 0.717) is 19.3 Å². The van der Waals surface area contributed by atoms with Gasteiger partial charge < -0.3 is 20.5 Å². The average molecular weight is 465 g/mol. The molecule has 7 heteroatoms. The predicted molar refractivity (Wildman–Crippen MR) is 128 cm³/mol. The molecule has 0 aliphatic heterocycles. The van der Waals surface area contributed by atoms with E-state index in [-0.39, 0.29) is 37.4 Å². The van der Waals surface area contributed by atoms with Crippen LogP contribution in [0.1, 0.15) is 62.5 Å². The summed E-state index contributed by atoms with van der Waals surface area (Å²) in [6.45, 7) is 2.23. The van der Waals surface area contributed by atoms with Crippen LogP contribution in [-0.4, -0.2) is 42.3 Å². The number of nitrogens with one attached hydrogen (secondary N) is 2. The summed E-state index contributed by atoms with van der Waals surface area (Å²) in [5.41, 5.74) is 3.83. The number of alkyl carbamates (subject to hydrolysis) is 1. The molecule has 1 atom stereocenters. The van der Waals surface area contributed by atoms with E-state index in [0.717, 1.165) is 24.0 Å². The minimum Gasteiger partial charge on any atom is -0.481 e. The number of rotatable bonds is 9. The van der Waals surface area contributed by atoms with Gasteiger partial charge in [0, 0.05) is 24.9 Å². The second kappa shape index (κ2) is 10.3. The van der Waals surface area contributed by atoms with E-state index >= 15 is 0 Å². The van der Waals surface area contributed by atoms with Crippen molar-refractivity contribution in [3.05, 3.63) is 59.7 Å². The summed E-state index contributed by atoms with van der Waals surface area (Å²) in [6, 6.07) is 16.1. The summed E-state index contributed by atoms with van der Waals surface area (Å²) in [6.07, 6.45) is 3.10. The highest BCUT2D eigenvalue weighted by molar-refractivity contribution is 5.80. The summed E-state index contributed by atoms with van der Waals surface area (Å²) in [5, 5.41) is 15.1. The first-order chi connectivity index (χ1) is 16.4. The maximum absolute atomic E-state index is 12.4. The van der Waals surface area contributed by atoms with Crippen LogP contribution in [0.2, 0.25) is 0 Å². The lowest BCUT2D eigenvalue weighted by atomic mass is 9.86. The van der Waals surface area contributed by atoms with Gasteiger partial charge in [0.1, 0.15) is 6.61 Å². The van der Waals surface area contributed by atoms with Crippen molar-refractivity contribution in [3.8, 4) is 11.1 Å². The molecule has 0 saturated heterocycles. The van der Waals surface area contributed by atoms with Crippen LogP contribution < -0.4 is 10.6 Å². The fourth-order valence-electron chi connectivity index (χ4n) is 5.14. The zero-order valence-electron chi connectivity index (χ0n) is 19.5. The van der Waals surface area contributed by atoms with Gasteiger partial charge in [-0.2, -0.15) is 0 Å². The monoisotopic (exact) mass is 464 g/mol. The van der Waals surface area contributed by atoms with Crippen molar-refractivity contribution in [3.63, 3.8) is 0 Å². The van der Waals surface area contributed by atoms with Crippen molar-refractivity contribution >= 4 is 18.0 Å². The van der Waals surface area contributed by atoms with Gasteiger partial charge in [-0.3, -0.25) is 9.59 Å². The van der Waals surface area contributed by atoms with Gasteiger partial charge in [0.25, 0.3) is 0 Å². The molecule has 0 spiro atoms. The topological polar surface area (TPSA) is 105 Å². The maximum Gasteiger partial charge on any atom is 0.407 e. The molecule has 1 fully saturated rings. The quantitative estimate of drug-likeness (QED) is 0.508. The number of hydrogen-bond donors (Lipinski definition) is 3. The Kier molecular flexibility index (Phi) is 7.20. The zero-order valence-corrected chi connectivity index (χ0v) is 19.5. The summed E-state index contributed by atoms with van der Waals surface area (Å²) >= 11 is 0. The van der Waals surface area contributed by atoms with Crippen LogP contribution in [0.3, 0.4) is 0 Å². The molecule has 2 aliphatic carbocycles. The van der Waals surface area contributed by atoms with Gasteiger partial charge in [0.2, 0.25) is 5.91 Å². The molecule has 1 saturated carbocycles. The lowest BCUT2D eigenvalue weighted by Crippen LogP contribution is -2.41. The van der Waals surface area contributed by atoms with E-state index in [1.807, 2.05) is 31.2 Å². The molecule has 0 aromatic heterocycles. The van der Waals surface area contributed by atoms with E-state index in [9.17, 15) is 19.5 Å². The van der Waals surface area contributed by atoms with E-state index in [1.165, 1.54) is 11.1 Å². The molecule has 2 aromatic rings. The number of hydrogen-bond acceptors (Lipinski definition) is 4. The van der Waals surface area contributed by atoms with Gasteiger partial charge in [-0.1, -0.05) is 61.4 Å². The molecule has 4 rings (SSSR count). The number of benzene rings is 2. The van der Waals surface area contributed by atoms with E-state index < -0.39 is 17.5 Å². The predicted octanol–water partition coefficient (Wildman–Crippen LogP) is 4.46. The normalized spacial score (nSPS) is 16.9. The summed E-state index contributed by atoms with van der Waals surface area (Å²) in [5.74, 6) is -1.04. The molecule has 2 aromatic carbocycles. The van der Waals surface area contributed by atoms with E-state index in [1.54, 1.807) is 0 Å². The van der Waals surface area contributed by atoms with Crippen molar-refractivity contribution in [2.45, 2.75) is 57.4 Å². The highest BCUT2D eigenvalue weighted by Gasteiger charge is 2.41. The number of carboxylic acids is 1. The van der Waals surface area contributed by atoms with Crippen LogP contribution in [0.25, 0.3) is 11.1 Å². The molecule has 0 bridgehead atoms. The number of fused-ring (bicyclic) bond motifs is 3. The molecule has 2 aliphatic rings. The van der Waals surface area contributed by atoms with E-state index in [2.05, 4.69) is 34.9 Å². The Morgan fingerprint density at radius 1 is 1.03 bits per heavy atom. The minimum atomic E-state index is -0.837. The van der Waals surface area contributed by atoms with Gasteiger partial charge in [-0.05, 0) is 48.4 Å². The lowest BCUT2D eigenvalue weighted by molar-refractivity contribution is -0.148. The van der Waals surface area contributed by atoms with Crippen LogP contribution in [0.15, 0.2) is 48.5 Å². The first kappa shape index (κ1) is 23.8. The molecule has 2 amide bonds. The SMILES string of the molecule is CC(CCC(=O)NCC1(C(=O)O)CCCC1)NC(=O)OCC1c2ccccc2-c2ccccc21. The minimum absolute atomic E-state index is 0.00335. The van der Waals surface area contributed by atoms with Crippen molar-refractivity contribution in [1.82, 2.24) is 10.6 Å². The van der Waals surface area contributed by atoms with Gasteiger partial charge in [-0.15, -0.1) is 0 Å². The summed E-state index contributed by atoms with van der Waals surface area (Å²) < 4.78 is 5.56. The largest absolute Gasteiger partial charge is 0.481 e. The van der Waals surface area contributed by atoms with Crippen molar-refractivity contribution in [1.29, 1.82) is 0 Å². The molecule has 180 valence electrons.